The summed E-state index contributed by atoms with van der Waals surface area (Å²) in [6, 6.07) is 0. The Morgan fingerprint density at radius 2 is 1.38 bits per heavy atom. The molecule has 2 rings (SSSR count). The second-order valence-corrected chi connectivity index (χ2v) is 8.87. The molecule has 150 valence electrons. The smallest absolute Gasteiger partial charge is 0.0978 e. The lowest BCUT2D eigenvalue weighted by Crippen LogP contribution is -2.21. The van der Waals surface area contributed by atoms with Gasteiger partial charge in [0.05, 0.1) is 12.4 Å². The molecule has 0 radical (unpaired) electrons. The average molecular weight is 361 g/mol. The minimum absolute atomic E-state index is 0.495. The number of unbranched alkanes of at least 4 members (excludes halogenated alkanes) is 3. The van der Waals surface area contributed by atoms with Crippen molar-refractivity contribution in [3.8, 4) is 0 Å². The number of ether oxygens (including phenoxy) is 1. The Morgan fingerprint density at radius 1 is 0.731 bits per heavy atom. The Labute approximate surface area is 163 Å². The molecule has 0 N–H and O–H groups in total. The van der Waals surface area contributed by atoms with Gasteiger partial charge in [0, 0.05) is 0 Å². The first kappa shape index (κ1) is 21.6. The highest BCUT2D eigenvalue weighted by atomic mass is 16.5. The van der Waals surface area contributed by atoms with E-state index in [0.717, 1.165) is 17.8 Å². The van der Waals surface area contributed by atoms with Crippen LogP contribution in [0.1, 0.15) is 110 Å². The van der Waals surface area contributed by atoms with E-state index < -0.39 is 0 Å². The first-order valence-electron chi connectivity index (χ1n) is 11.8. The highest BCUT2D eigenvalue weighted by Gasteiger charge is 2.24. The van der Waals surface area contributed by atoms with Crippen LogP contribution in [0.3, 0.4) is 0 Å². The number of hydrogen-bond donors (Lipinski definition) is 0. The summed E-state index contributed by atoms with van der Waals surface area (Å²) in [6.07, 6.45) is 30.0. The van der Waals surface area contributed by atoms with Gasteiger partial charge in [0.1, 0.15) is 0 Å². The zero-order chi connectivity index (χ0) is 18.5. The van der Waals surface area contributed by atoms with Crippen LogP contribution < -0.4 is 0 Å². The molecule has 0 aromatic carbocycles. The minimum Gasteiger partial charge on any atom is -0.498 e. The van der Waals surface area contributed by atoms with E-state index in [1.807, 2.05) is 6.26 Å². The molecular weight excluding hydrogens is 316 g/mol. The molecule has 0 aliphatic heterocycles. The van der Waals surface area contributed by atoms with E-state index >= 15 is 0 Å². The van der Waals surface area contributed by atoms with E-state index in [1.54, 1.807) is 0 Å². The van der Waals surface area contributed by atoms with Gasteiger partial charge in [-0.2, -0.15) is 0 Å². The summed E-state index contributed by atoms with van der Waals surface area (Å²) < 4.78 is 5.94. The van der Waals surface area contributed by atoms with E-state index in [0.29, 0.717) is 6.10 Å². The van der Waals surface area contributed by atoms with Crippen molar-refractivity contribution in [3.63, 3.8) is 0 Å². The Morgan fingerprint density at radius 3 is 2.00 bits per heavy atom. The van der Waals surface area contributed by atoms with E-state index in [4.69, 9.17) is 4.74 Å². The van der Waals surface area contributed by atoms with Crippen LogP contribution in [0.15, 0.2) is 24.5 Å². The highest BCUT2D eigenvalue weighted by molar-refractivity contribution is 4.91. The SMILES string of the molecule is CCCC=CC1CCC(CCC2CCC(OC=CCCCC)CC2)CC1. The van der Waals surface area contributed by atoms with Crippen molar-refractivity contribution in [1.29, 1.82) is 0 Å². The first-order chi connectivity index (χ1) is 12.8. The van der Waals surface area contributed by atoms with Crippen LogP contribution in [0, 0.1) is 17.8 Å². The Bertz CT molecular complexity index is 381. The third kappa shape index (κ3) is 8.78. The fraction of sp³-hybridized carbons (Fsp3) is 0.840. The van der Waals surface area contributed by atoms with Crippen molar-refractivity contribution in [3.05, 3.63) is 24.5 Å². The monoisotopic (exact) mass is 360 g/mol. The van der Waals surface area contributed by atoms with Crippen LogP contribution in [0.4, 0.5) is 0 Å². The molecule has 2 saturated carbocycles. The maximum atomic E-state index is 5.94. The lowest BCUT2D eigenvalue weighted by atomic mass is 9.77. The summed E-state index contributed by atoms with van der Waals surface area (Å²) in [4.78, 5) is 0. The molecule has 0 saturated heterocycles. The van der Waals surface area contributed by atoms with Gasteiger partial charge in [0.2, 0.25) is 0 Å². The molecule has 2 aliphatic rings. The second kappa shape index (κ2) is 13.4. The largest absolute Gasteiger partial charge is 0.498 e. The predicted molar refractivity (Wildman–Crippen MR) is 114 cm³/mol. The fourth-order valence-corrected chi connectivity index (χ4v) is 4.71. The van der Waals surface area contributed by atoms with Crippen LogP contribution >= 0.6 is 0 Å². The van der Waals surface area contributed by atoms with Gasteiger partial charge in [0.25, 0.3) is 0 Å². The van der Waals surface area contributed by atoms with E-state index in [1.165, 1.54) is 96.3 Å². The summed E-state index contributed by atoms with van der Waals surface area (Å²) >= 11 is 0. The van der Waals surface area contributed by atoms with Crippen LogP contribution in [-0.2, 0) is 4.74 Å². The summed E-state index contributed by atoms with van der Waals surface area (Å²) in [7, 11) is 0. The normalized spacial score (nSPS) is 30.2. The quantitative estimate of drug-likeness (QED) is 0.205. The van der Waals surface area contributed by atoms with Gasteiger partial charge in [-0.25, -0.2) is 0 Å². The van der Waals surface area contributed by atoms with Gasteiger partial charge in [-0.05, 0) is 94.5 Å². The van der Waals surface area contributed by atoms with Gasteiger partial charge in [-0.1, -0.05) is 51.7 Å². The van der Waals surface area contributed by atoms with E-state index in [2.05, 4.69) is 32.1 Å². The van der Waals surface area contributed by atoms with E-state index in [-0.39, 0.29) is 0 Å². The van der Waals surface area contributed by atoms with Crippen LogP contribution in [0.2, 0.25) is 0 Å². The molecule has 0 aromatic rings. The summed E-state index contributed by atoms with van der Waals surface area (Å²) in [6.45, 7) is 4.51. The van der Waals surface area contributed by atoms with Crippen molar-refractivity contribution in [1.82, 2.24) is 0 Å². The third-order valence-electron chi connectivity index (χ3n) is 6.62. The van der Waals surface area contributed by atoms with Crippen molar-refractivity contribution < 1.29 is 4.74 Å². The minimum atomic E-state index is 0.495. The number of rotatable bonds is 11. The summed E-state index contributed by atoms with van der Waals surface area (Å²) in [5.41, 5.74) is 0. The Balaban J connectivity index is 1.52. The summed E-state index contributed by atoms with van der Waals surface area (Å²) in [5, 5.41) is 0. The molecule has 0 unspecified atom stereocenters. The summed E-state index contributed by atoms with van der Waals surface area (Å²) in [5.74, 6) is 2.87. The predicted octanol–water partition coefficient (Wildman–Crippen LogP) is 8.21. The van der Waals surface area contributed by atoms with Gasteiger partial charge in [0.15, 0.2) is 0 Å². The van der Waals surface area contributed by atoms with E-state index in [9.17, 15) is 0 Å². The molecular formula is C25H44O. The topological polar surface area (TPSA) is 9.23 Å². The van der Waals surface area contributed by atoms with Crippen molar-refractivity contribution in [2.45, 2.75) is 116 Å². The van der Waals surface area contributed by atoms with Crippen molar-refractivity contribution in [2.24, 2.45) is 17.8 Å². The molecule has 1 nitrogen and oxygen atoms in total. The Hall–Kier alpha value is -0.720. The lowest BCUT2D eigenvalue weighted by molar-refractivity contribution is 0.0838. The number of hydrogen-bond acceptors (Lipinski definition) is 1. The maximum absolute atomic E-state index is 5.94. The Kier molecular flexibility index (Phi) is 11.2. The van der Waals surface area contributed by atoms with Gasteiger partial charge >= 0.3 is 0 Å². The van der Waals surface area contributed by atoms with Gasteiger partial charge in [-0.3, -0.25) is 0 Å². The molecule has 0 amide bonds. The van der Waals surface area contributed by atoms with Gasteiger partial charge in [-0.15, -0.1) is 0 Å². The molecule has 0 atom stereocenters. The molecule has 2 fully saturated rings. The second-order valence-electron chi connectivity index (χ2n) is 8.87. The van der Waals surface area contributed by atoms with Gasteiger partial charge < -0.3 is 4.74 Å². The molecule has 0 bridgehead atoms. The zero-order valence-corrected chi connectivity index (χ0v) is 17.6. The molecule has 26 heavy (non-hydrogen) atoms. The molecule has 1 heteroatoms. The lowest BCUT2D eigenvalue weighted by Gasteiger charge is -2.31. The zero-order valence-electron chi connectivity index (χ0n) is 17.6. The number of allylic oxidation sites excluding steroid dienone is 3. The van der Waals surface area contributed by atoms with Crippen LogP contribution in [-0.4, -0.2) is 6.10 Å². The van der Waals surface area contributed by atoms with Crippen LogP contribution in [0.25, 0.3) is 0 Å². The molecule has 2 aliphatic carbocycles. The van der Waals surface area contributed by atoms with Crippen molar-refractivity contribution in [2.75, 3.05) is 0 Å². The molecule has 0 spiro atoms. The highest BCUT2D eigenvalue weighted by Crippen LogP contribution is 2.36. The third-order valence-corrected chi connectivity index (χ3v) is 6.62. The molecule has 0 aromatic heterocycles. The standard InChI is InChI=1S/C25H44O/c1-3-5-7-9-21-26-25-19-17-24(18-20-25)16-15-23-13-11-22(12-14-23)10-8-6-4-2/h8-10,21-25H,3-7,11-20H2,1-2H3. The van der Waals surface area contributed by atoms with Crippen molar-refractivity contribution >= 4 is 0 Å². The first-order valence-corrected chi connectivity index (χ1v) is 11.8. The molecule has 0 heterocycles. The average Bonchev–Trinajstić information content (AvgIpc) is 2.68. The van der Waals surface area contributed by atoms with Crippen LogP contribution in [0.5, 0.6) is 0 Å². The maximum Gasteiger partial charge on any atom is 0.0978 e. The fourth-order valence-electron chi connectivity index (χ4n) is 4.71.